The molecule has 0 aliphatic carbocycles. The van der Waals surface area contributed by atoms with E-state index in [0.29, 0.717) is 30.4 Å². The molecule has 0 radical (unpaired) electrons. The van der Waals surface area contributed by atoms with Gasteiger partial charge in [0.1, 0.15) is 5.75 Å². The van der Waals surface area contributed by atoms with Crippen LogP contribution >= 0.6 is 0 Å². The third-order valence-electron chi connectivity index (χ3n) is 3.71. The summed E-state index contributed by atoms with van der Waals surface area (Å²) >= 11 is 0. The molecule has 150 valence electrons. The molecule has 0 unspecified atom stereocenters. The highest BCUT2D eigenvalue weighted by atomic mass is 16.5. The van der Waals surface area contributed by atoms with Gasteiger partial charge in [-0.2, -0.15) is 0 Å². The summed E-state index contributed by atoms with van der Waals surface area (Å²) in [4.78, 5) is 23.9. The van der Waals surface area contributed by atoms with Crippen molar-refractivity contribution in [2.45, 2.75) is 27.2 Å². The molecule has 6 heteroatoms. The first-order valence-corrected chi connectivity index (χ1v) is 9.51. The summed E-state index contributed by atoms with van der Waals surface area (Å²) in [5.74, 6) is 0.644. The Kier molecular flexibility index (Phi) is 8.34. The number of carbonyl (C=O) groups is 2. The zero-order chi connectivity index (χ0) is 20.4. The minimum Gasteiger partial charge on any atom is -0.493 e. The van der Waals surface area contributed by atoms with E-state index >= 15 is 0 Å². The fourth-order valence-electron chi connectivity index (χ4n) is 2.32. The van der Waals surface area contributed by atoms with E-state index in [4.69, 9.17) is 9.47 Å². The topological polar surface area (TPSA) is 76.7 Å². The maximum absolute atomic E-state index is 12.2. The zero-order valence-corrected chi connectivity index (χ0v) is 16.7. The zero-order valence-electron chi connectivity index (χ0n) is 16.7. The number of carbonyl (C=O) groups excluding carboxylic acids is 2. The van der Waals surface area contributed by atoms with Crippen molar-refractivity contribution in [1.82, 2.24) is 0 Å². The van der Waals surface area contributed by atoms with E-state index in [0.717, 1.165) is 17.9 Å². The molecular weight excluding hydrogens is 356 g/mol. The predicted molar refractivity (Wildman–Crippen MR) is 111 cm³/mol. The van der Waals surface area contributed by atoms with E-state index in [1.54, 1.807) is 30.3 Å². The summed E-state index contributed by atoms with van der Waals surface area (Å²) in [6.45, 7) is 7.25. The monoisotopic (exact) mass is 384 g/mol. The van der Waals surface area contributed by atoms with Gasteiger partial charge in [0.15, 0.2) is 0 Å². The second kappa shape index (κ2) is 11.0. The lowest BCUT2D eigenvalue weighted by Crippen LogP contribution is -2.21. The van der Waals surface area contributed by atoms with Crippen LogP contribution in [0.1, 0.15) is 37.6 Å². The molecule has 2 aromatic rings. The van der Waals surface area contributed by atoms with Crippen molar-refractivity contribution in [2.75, 3.05) is 30.4 Å². The minimum absolute atomic E-state index is 0.108. The predicted octanol–water partition coefficient (Wildman–Crippen LogP) is 4.34. The number of anilines is 2. The van der Waals surface area contributed by atoms with Crippen LogP contribution < -0.4 is 15.4 Å². The SMILES string of the molecule is CCCOC(=O)c1ccc(NCC(=O)Nc2cccc(OCC(C)C)c2)cc1. The van der Waals surface area contributed by atoms with Gasteiger partial charge in [0, 0.05) is 17.4 Å². The number of esters is 1. The van der Waals surface area contributed by atoms with Gasteiger partial charge >= 0.3 is 5.97 Å². The van der Waals surface area contributed by atoms with Crippen LogP contribution in [0.5, 0.6) is 5.75 Å². The first kappa shape index (κ1) is 21.3. The quantitative estimate of drug-likeness (QED) is 0.596. The van der Waals surface area contributed by atoms with E-state index in [2.05, 4.69) is 24.5 Å². The molecule has 0 saturated carbocycles. The highest BCUT2D eigenvalue weighted by molar-refractivity contribution is 5.94. The van der Waals surface area contributed by atoms with Crippen molar-refractivity contribution in [3.63, 3.8) is 0 Å². The smallest absolute Gasteiger partial charge is 0.338 e. The molecule has 6 nitrogen and oxygen atoms in total. The van der Waals surface area contributed by atoms with Gasteiger partial charge in [0.2, 0.25) is 5.91 Å². The Hall–Kier alpha value is -3.02. The second-order valence-corrected chi connectivity index (χ2v) is 6.85. The van der Waals surface area contributed by atoms with E-state index in [-0.39, 0.29) is 18.4 Å². The summed E-state index contributed by atoms with van der Waals surface area (Å²) in [7, 11) is 0. The van der Waals surface area contributed by atoms with Gasteiger partial charge < -0.3 is 20.1 Å². The third kappa shape index (κ3) is 7.31. The summed E-state index contributed by atoms with van der Waals surface area (Å²) in [5.41, 5.74) is 1.92. The number of nitrogens with one attached hydrogen (secondary N) is 2. The fraction of sp³-hybridized carbons (Fsp3) is 0.364. The third-order valence-corrected chi connectivity index (χ3v) is 3.71. The number of amides is 1. The summed E-state index contributed by atoms with van der Waals surface area (Å²) < 4.78 is 10.8. The Morgan fingerprint density at radius 3 is 2.46 bits per heavy atom. The Morgan fingerprint density at radius 2 is 1.79 bits per heavy atom. The minimum atomic E-state index is -0.342. The van der Waals surface area contributed by atoms with Crippen molar-refractivity contribution < 1.29 is 19.1 Å². The molecule has 28 heavy (non-hydrogen) atoms. The van der Waals surface area contributed by atoms with E-state index in [1.165, 1.54) is 0 Å². The first-order valence-electron chi connectivity index (χ1n) is 9.51. The highest BCUT2D eigenvalue weighted by Crippen LogP contribution is 2.18. The summed E-state index contributed by atoms with van der Waals surface area (Å²) in [6, 6.07) is 14.2. The van der Waals surface area contributed by atoms with Crippen LogP contribution in [-0.2, 0) is 9.53 Å². The Labute approximate surface area is 166 Å². The molecule has 0 bridgehead atoms. The lowest BCUT2D eigenvalue weighted by molar-refractivity contribution is -0.114. The first-order chi connectivity index (χ1) is 13.5. The molecule has 0 atom stereocenters. The Morgan fingerprint density at radius 1 is 1.04 bits per heavy atom. The lowest BCUT2D eigenvalue weighted by Gasteiger charge is -2.11. The van der Waals surface area contributed by atoms with Crippen molar-refractivity contribution in [2.24, 2.45) is 5.92 Å². The number of hydrogen-bond donors (Lipinski definition) is 2. The number of benzene rings is 2. The molecule has 2 rings (SSSR count). The maximum atomic E-state index is 12.2. The molecule has 0 saturated heterocycles. The van der Waals surface area contributed by atoms with Gasteiger partial charge in [-0.1, -0.05) is 26.8 Å². The van der Waals surface area contributed by atoms with Gasteiger partial charge in [-0.25, -0.2) is 4.79 Å². The van der Waals surface area contributed by atoms with Gasteiger partial charge in [0.25, 0.3) is 0 Å². The van der Waals surface area contributed by atoms with Crippen LogP contribution in [0.4, 0.5) is 11.4 Å². The van der Waals surface area contributed by atoms with Crippen molar-refractivity contribution >= 4 is 23.3 Å². The Bertz CT molecular complexity index is 772. The van der Waals surface area contributed by atoms with Crippen LogP contribution in [0.2, 0.25) is 0 Å². The second-order valence-electron chi connectivity index (χ2n) is 6.85. The summed E-state index contributed by atoms with van der Waals surface area (Å²) in [6.07, 6.45) is 0.785. The van der Waals surface area contributed by atoms with Gasteiger partial charge in [-0.3, -0.25) is 4.79 Å². The van der Waals surface area contributed by atoms with E-state index < -0.39 is 0 Å². The van der Waals surface area contributed by atoms with Crippen LogP contribution in [0, 0.1) is 5.92 Å². The molecule has 2 aromatic carbocycles. The molecular formula is C22H28N2O4. The van der Waals surface area contributed by atoms with Gasteiger partial charge in [0.05, 0.1) is 25.3 Å². The average molecular weight is 384 g/mol. The van der Waals surface area contributed by atoms with Crippen LogP contribution in [0.3, 0.4) is 0 Å². The van der Waals surface area contributed by atoms with Crippen LogP contribution in [0.25, 0.3) is 0 Å². The van der Waals surface area contributed by atoms with Crippen molar-refractivity contribution in [3.8, 4) is 5.75 Å². The standard InChI is InChI=1S/C22H28N2O4/c1-4-12-27-22(26)17-8-10-18(11-9-17)23-14-21(25)24-19-6-5-7-20(13-19)28-15-16(2)3/h5-11,13,16,23H,4,12,14-15H2,1-3H3,(H,24,25). The average Bonchev–Trinajstić information content (AvgIpc) is 2.69. The molecule has 0 fully saturated rings. The lowest BCUT2D eigenvalue weighted by atomic mass is 10.2. The Balaban J connectivity index is 1.82. The molecule has 0 aliphatic heterocycles. The fourth-order valence-corrected chi connectivity index (χ4v) is 2.32. The molecule has 0 aromatic heterocycles. The van der Waals surface area contributed by atoms with Gasteiger partial charge in [-0.15, -0.1) is 0 Å². The largest absolute Gasteiger partial charge is 0.493 e. The normalized spacial score (nSPS) is 10.4. The van der Waals surface area contributed by atoms with Crippen LogP contribution in [-0.4, -0.2) is 31.6 Å². The van der Waals surface area contributed by atoms with E-state index in [9.17, 15) is 9.59 Å². The molecule has 2 N–H and O–H groups in total. The maximum Gasteiger partial charge on any atom is 0.338 e. The van der Waals surface area contributed by atoms with Gasteiger partial charge in [-0.05, 0) is 48.7 Å². The number of ether oxygens (including phenoxy) is 2. The molecule has 1 amide bonds. The molecule has 0 spiro atoms. The van der Waals surface area contributed by atoms with Crippen molar-refractivity contribution in [3.05, 3.63) is 54.1 Å². The number of hydrogen-bond acceptors (Lipinski definition) is 5. The molecule has 0 heterocycles. The molecule has 0 aliphatic rings. The van der Waals surface area contributed by atoms with Crippen molar-refractivity contribution in [1.29, 1.82) is 0 Å². The highest BCUT2D eigenvalue weighted by Gasteiger charge is 2.07. The summed E-state index contributed by atoms with van der Waals surface area (Å²) in [5, 5.41) is 5.87. The van der Waals surface area contributed by atoms with E-state index in [1.807, 2.05) is 25.1 Å². The van der Waals surface area contributed by atoms with Crippen LogP contribution in [0.15, 0.2) is 48.5 Å². The number of rotatable bonds is 10.